The minimum atomic E-state index is -0.315. The maximum atomic E-state index is 12.8. The van der Waals surface area contributed by atoms with Crippen molar-refractivity contribution in [3.05, 3.63) is 20.4 Å². The van der Waals surface area contributed by atoms with E-state index in [-0.39, 0.29) is 10.9 Å². The van der Waals surface area contributed by atoms with Crippen molar-refractivity contribution in [3.63, 3.8) is 0 Å². The topological polar surface area (TPSA) is 52.6 Å². The van der Waals surface area contributed by atoms with E-state index in [2.05, 4.69) is 50.0 Å². The van der Waals surface area contributed by atoms with Crippen molar-refractivity contribution in [1.29, 1.82) is 0 Å². The molecule has 1 aromatic rings. The second-order valence-corrected chi connectivity index (χ2v) is 14.8. The number of hydrogen-bond donors (Lipinski definition) is 1. The summed E-state index contributed by atoms with van der Waals surface area (Å²) in [6.45, 7) is 10.4. The molecule has 0 spiro atoms. The number of hydrogen-bond acceptors (Lipinski definition) is 5. The predicted octanol–water partition coefficient (Wildman–Crippen LogP) is 11.3. The molecule has 0 bridgehead atoms. The van der Waals surface area contributed by atoms with Gasteiger partial charge in [-0.2, -0.15) is 0 Å². The Kier molecular flexibility index (Phi) is 27.6. The van der Waals surface area contributed by atoms with E-state index in [0.29, 0.717) is 11.4 Å². The van der Waals surface area contributed by atoms with Crippen LogP contribution in [0, 0.1) is 5.92 Å². The average Bonchev–Trinajstić information content (AvgIpc) is 3.05. The van der Waals surface area contributed by atoms with Gasteiger partial charge in [-0.05, 0) is 45.8 Å². The van der Waals surface area contributed by atoms with Crippen LogP contribution in [0.5, 0.6) is 0 Å². The fourth-order valence-corrected chi connectivity index (χ4v) is 7.00. The minimum Gasteiger partial charge on any atom is -0.380 e. The average molecular weight is 646 g/mol. The molecule has 46 heavy (non-hydrogen) atoms. The van der Waals surface area contributed by atoms with Crippen molar-refractivity contribution in [2.24, 2.45) is 5.92 Å². The molecule has 0 amide bonds. The van der Waals surface area contributed by atoms with Crippen molar-refractivity contribution >= 4 is 11.4 Å². The molecule has 1 rings (SSSR count). The lowest BCUT2D eigenvalue weighted by molar-refractivity contribution is 0.366. The van der Waals surface area contributed by atoms with Crippen LogP contribution in [0.2, 0.25) is 0 Å². The molecule has 0 fully saturated rings. The van der Waals surface area contributed by atoms with Crippen LogP contribution in [0.3, 0.4) is 0 Å². The Morgan fingerprint density at radius 3 is 1.28 bits per heavy atom. The summed E-state index contributed by atoms with van der Waals surface area (Å²) in [5, 5.41) is 3.33. The van der Waals surface area contributed by atoms with Crippen molar-refractivity contribution < 1.29 is 0 Å². The first-order chi connectivity index (χ1) is 22.5. The van der Waals surface area contributed by atoms with Gasteiger partial charge in [0, 0.05) is 19.6 Å². The summed E-state index contributed by atoms with van der Waals surface area (Å²) in [6.07, 6.45) is 35.9. The lowest BCUT2D eigenvalue weighted by Crippen LogP contribution is -2.43. The zero-order valence-electron chi connectivity index (χ0n) is 31.7. The fourth-order valence-electron chi connectivity index (χ4n) is 7.00. The second-order valence-electron chi connectivity index (χ2n) is 14.8. The summed E-state index contributed by atoms with van der Waals surface area (Å²) in [7, 11) is 4.13. The molecule has 5 heteroatoms. The van der Waals surface area contributed by atoms with Gasteiger partial charge in [-0.3, -0.25) is 9.59 Å². The monoisotopic (exact) mass is 646 g/mol. The Bertz CT molecular complexity index is 860. The van der Waals surface area contributed by atoms with Crippen LogP contribution in [0.25, 0.3) is 0 Å². The molecule has 1 aromatic carbocycles. The summed E-state index contributed by atoms with van der Waals surface area (Å²) in [6, 6.07) is 0. The zero-order valence-corrected chi connectivity index (χ0v) is 31.7. The number of nitrogens with zero attached hydrogens (tertiary/aromatic N) is 2. The Balaban J connectivity index is 2.51. The maximum absolute atomic E-state index is 12.8. The zero-order chi connectivity index (χ0) is 33.7. The van der Waals surface area contributed by atoms with Gasteiger partial charge in [-0.1, -0.05) is 175 Å². The van der Waals surface area contributed by atoms with E-state index in [9.17, 15) is 9.59 Å². The van der Waals surface area contributed by atoms with Crippen molar-refractivity contribution in [2.45, 2.75) is 194 Å². The highest BCUT2D eigenvalue weighted by atomic mass is 16.2. The molecule has 270 valence electrons. The molecule has 0 aliphatic rings. The molecular formula is C41H79N3O2. The van der Waals surface area contributed by atoms with Gasteiger partial charge in [0.05, 0.1) is 0 Å². The summed E-state index contributed by atoms with van der Waals surface area (Å²) in [4.78, 5) is 29.7. The van der Waals surface area contributed by atoms with Crippen molar-refractivity contribution in [1.82, 2.24) is 4.90 Å². The molecule has 0 aliphatic heterocycles. The largest absolute Gasteiger partial charge is 0.380 e. The van der Waals surface area contributed by atoms with E-state index in [1.807, 2.05) is 0 Å². The first-order valence-corrected chi connectivity index (χ1v) is 20.4. The number of unbranched alkanes of at least 4 members (excludes halogenated alkanes) is 19. The lowest BCUT2D eigenvalue weighted by Gasteiger charge is -2.28. The third kappa shape index (κ3) is 20.8. The van der Waals surface area contributed by atoms with Crippen LogP contribution in [0.4, 0.5) is 11.4 Å². The Hall–Kier alpha value is -1.36. The van der Waals surface area contributed by atoms with E-state index >= 15 is 0 Å². The highest BCUT2D eigenvalue weighted by Gasteiger charge is 2.25. The first kappa shape index (κ1) is 42.7. The van der Waals surface area contributed by atoms with Gasteiger partial charge in [0.1, 0.15) is 11.4 Å². The molecule has 0 aliphatic carbocycles. The quantitative estimate of drug-likeness (QED) is 0.0588. The van der Waals surface area contributed by atoms with Gasteiger partial charge in [-0.15, -0.1) is 0 Å². The summed E-state index contributed by atoms with van der Waals surface area (Å²) < 4.78 is 0. The molecule has 0 saturated heterocycles. The Morgan fingerprint density at radius 1 is 0.478 bits per heavy atom. The summed E-state index contributed by atoms with van der Waals surface area (Å²) >= 11 is 0. The van der Waals surface area contributed by atoms with E-state index in [0.717, 1.165) is 51.4 Å². The first-order valence-electron chi connectivity index (χ1n) is 20.4. The Morgan fingerprint density at radius 2 is 0.870 bits per heavy atom. The van der Waals surface area contributed by atoms with E-state index in [4.69, 9.17) is 0 Å². The van der Waals surface area contributed by atoms with Crippen molar-refractivity contribution in [2.75, 3.05) is 50.5 Å². The summed E-state index contributed by atoms with van der Waals surface area (Å²) in [5.41, 5.74) is 0.666. The number of anilines is 2. The normalized spacial score (nSPS) is 11.8. The molecule has 5 nitrogen and oxygen atoms in total. The van der Waals surface area contributed by atoms with E-state index < -0.39 is 0 Å². The molecule has 0 aromatic heterocycles. The Labute approximate surface area is 286 Å². The predicted molar refractivity (Wildman–Crippen MR) is 206 cm³/mol. The van der Waals surface area contributed by atoms with Crippen LogP contribution in [0.1, 0.15) is 194 Å². The maximum Gasteiger partial charge on any atom is 0.253 e. The van der Waals surface area contributed by atoms with E-state index in [1.54, 1.807) is 0 Å². The molecule has 0 unspecified atom stereocenters. The molecular weight excluding hydrogens is 566 g/mol. The third-order valence-corrected chi connectivity index (χ3v) is 10.0. The minimum absolute atomic E-state index is 0.275. The van der Waals surface area contributed by atoms with Crippen LogP contribution in [0.15, 0.2) is 9.59 Å². The van der Waals surface area contributed by atoms with Gasteiger partial charge < -0.3 is 15.1 Å². The molecule has 0 saturated carbocycles. The SMILES string of the molecule is CCCCCCCCC(CCCCCCCC)CCCCCCCN(CCCCCCCC)c1c(NCCCN(C)C)c(=O)c1=O. The van der Waals surface area contributed by atoms with Gasteiger partial charge in [0.2, 0.25) is 0 Å². The van der Waals surface area contributed by atoms with Crippen LogP contribution in [-0.2, 0) is 0 Å². The standard InChI is InChI=1S/C41H79N3O2/c1-6-9-12-15-19-24-30-37(31-25-20-16-13-10-7-2)32-26-21-18-23-28-36-44(35-27-22-17-14-11-8-3)39-38(40(45)41(39)46)42-33-29-34-43(4)5/h37,42H,6-36H2,1-5H3. The molecule has 0 radical (unpaired) electrons. The highest BCUT2D eigenvalue weighted by molar-refractivity contribution is 5.75. The van der Waals surface area contributed by atoms with Crippen LogP contribution >= 0.6 is 0 Å². The van der Waals surface area contributed by atoms with Gasteiger partial charge in [0.25, 0.3) is 10.9 Å². The highest BCUT2D eigenvalue weighted by Crippen LogP contribution is 2.26. The van der Waals surface area contributed by atoms with E-state index in [1.165, 1.54) is 154 Å². The molecule has 0 atom stereocenters. The number of rotatable bonds is 35. The number of nitrogens with one attached hydrogen (secondary N) is 1. The molecule has 0 heterocycles. The van der Waals surface area contributed by atoms with Crippen molar-refractivity contribution in [3.8, 4) is 0 Å². The summed E-state index contributed by atoms with van der Waals surface area (Å²) in [5.74, 6) is 0.933. The third-order valence-electron chi connectivity index (χ3n) is 10.0. The van der Waals surface area contributed by atoms with Gasteiger partial charge in [-0.25, -0.2) is 0 Å². The lowest BCUT2D eigenvalue weighted by atomic mass is 9.89. The smallest absolute Gasteiger partial charge is 0.253 e. The van der Waals surface area contributed by atoms with Gasteiger partial charge >= 0.3 is 0 Å². The van der Waals surface area contributed by atoms with Gasteiger partial charge in [0.15, 0.2) is 0 Å². The molecule has 1 N–H and O–H groups in total. The fraction of sp³-hybridized carbons (Fsp3) is 0.902. The van der Waals surface area contributed by atoms with Crippen LogP contribution in [-0.4, -0.2) is 45.2 Å². The van der Waals surface area contributed by atoms with Crippen LogP contribution < -0.4 is 21.1 Å². The second kappa shape index (κ2) is 29.8.